The van der Waals surface area contributed by atoms with Crippen LogP contribution in [0.15, 0.2) is 42.7 Å². The van der Waals surface area contributed by atoms with Crippen molar-refractivity contribution in [3.63, 3.8) is 0 Å². The van der Waals surface area contributed by atoms with E-state index in [-0.39, 0.29) is 5.69 Å². The number of aromatic nitrogens is 1. The summed E-state index contributed by atoms with van der Waals surface area (Å²) in [7, 11) is 0. The second-order valence-corrected chi connectivity index (χ2v) is 4.12. The van der Waals surface area contributed by atoms with E-state index in [1.54, 1.807) is 13.0 Å². The molecule has 5 heteroatoms. The Bertz CT molecular complexity index is 602. The molecule has 1 heterocycles. The first-order valence-electron chi connectivity index (χ1n) is 5.74. The SMILES string of the molecule is C[C@H](C(=O)Nc1ccncc1F)c1cccc(F)c1. The Hall–Kier alpha value is -2.30. The van der Waals surface area contributed by atoms with Crippen molar-refractivity contribution < 1.29 is 13.6 Å². The second-order valence-electron chi connectivity index (χ2n) is 4.12. The number of anilines is 1. The van der Waals surface area contributed by atoms with Gasteiger partial charge in [0, 0.05) is 6.20 Å². The van der Waals surface area contributed by atoms with Crippen LogP contribution in [0.1, 0.15) is 18.4 Å². The van der Waals surface area contributed by atoms with Crippen LogP contribution in [0.3, 0.4) is 0 Å². The highest BCUT2D eigenvalue weighted by Crippen LogP contribution is 2.19. The number of nitrogens with zero attached hydrogens (tertiary/aromatic N) is 1. The fourth-order valence-corrected chi connectivity index (χ4v) is 1.64. The molecule has 1 amide bonds. The summed E-state index contributed by atoms with van der Waals surface area (Å²) in [5.74, 6) is -2.01. The topological polar surface area (TPSA) is 42.0 Å². The Morgan fingerprint density at radius 3 is 2.79 bits per heavy atom. The molecule has 1 aromatic carbocycles. The Kier molecular flexibility index (Phi) is 3.85. The lowest BCUT2D eigenvalue weighted by Gasteiger charge is -2.12. The third-order valence-electron chi connectivity index (χ3n) is 2.77. The van der Waals surface area contributed by atoms with Crippen LogP contribution in [-0.4, -0.2) is 10.9 Å². The fourth-order valence-electron chi connectivity index (χ4n) is 1.64. The molecule has 0 saturated carbocycles. The molecule has 0 aliphatic carbocycles. The molecule has 3 nitrogen and oxygen atoms in total. The number of benzene rings is 1. The number of carbonyl (C=O) groups excluding carboxylic acids is 1. The van der Waals surface area contributed by atoms with E-state index < -0.39 is 23.5 Å². The van der Waals surface area contributed by atoms with Crippen LogP contribution >= 0.6 is 0 Å². The van der Waals surface area contributed by atoms with Crippen LogP contribution in [0, 0.1) is 11.6 Å². The highest BCUT2D eigenvalue weighted by Gasteiger charge is 2.17. The van der Waals surface area contributed by atoms with Crippen LogP contribution in [0.5, 0.6) is 0 Å². The van der Waals surface area contributed by atoms with Crippen LogP contribution in [0.2, 0.25) is 0 Å². The Balaban J connectivity index is 2.14. The maximum absolute atomic E-state index is 13.3. The number of hydrogen-bond donors (Lipinski definition) is 1. The van der Waals surface area contributed by atoms with Gasteiger partial charge in [-0.05, 0) is 30.7 Å². The van der Waals surface area contributed by atoms with E-state index in [2.05, 4.69) is 10.3 Å². The van der Waals surface area contributed by atoms with E-state index in [4.69, 9.17) is 0 Å². The number of rotatable bonds is 3. The number of carbonyl (C=O) groups is 1. The predicted molar refractivity (Wildman–Crippen MR) is 67.6 cm³/mol. The molecule has 0 aliphatic rings. The highest BCUT2D eigenvalue weighted by atomic mass is 19.1. The normalized spacial score (nSPS) is 11.9. The molecule has 0 spiro atoms. The first-order valence-corrected chi connectivity index (χ1v) is 5.74. The van der Waals surface area contributed by atoms with Crippen LogP contribution in [0.25, 0.3) is 0 Å². The van der Waals surface area contributed by atoms with Gasteiger partial charge in [0.1, 0.15) is 5.82 Å². The zero-order valence-electron chi connectivity index (χ0n) is 10.2. The van der Waals surface area contributed by atoms with Gasteiger partial charge < -0.3 is 5.32 Å². The molecule has 0 saturated heterocycles. The summed E-state index contributed by atoms with van der Waals surface area (Å²) in [4.78, 5) is 15.5. The van der Waals surface area contributed by atoms with E-state index in [1.807, 2.05) is 0 Å². The van der Waals surface area contributed by atoms with Crippen LogP contribution in [0.4, 0.5) is 14.5 Å². The summed E-state index contributed by atoms with van der Waals surface area (Å²) in [6.07, 6.45) is 2.40. The molecule has 2 aromatic rings. The third-order valence-corrected chi connectivity index (χ3v) is 2.77. The van der Waals surface area contributed by atoms with Crippen molar-refractivity contribution >= 4 is 11.6 Å². The second kappa shape index (κ2) is 5.56. The van der Waals surface area contributed by atoms with E-state index in [9.17, 15) is 13.6 Å². The Labute approximate surface area is 109 Å². The first kappa shape index (κ1) is 13.1. The molecule has 0 aliphatic heterocycles. The molecule has 0 fully saturated rings. The van der Waals surface area contributed by atoms with Gasteiger partial charge in [-0.3, -0.25) is 9.78 Å². The van der Waals surface area contributed by atoms with Gasteiger partial charge in [0.05, 0.1) is 17.8 Å². The lowest BCUT2D eigenvalue weighted by Crippen LogP contribution is -2.19. The summed E-state index contributed by atoms with van der Waals surface area (Å²) in [6.45, 7) is 1.63. The average Bonchev–Trinajstić information content (AvgIpc) is 2.40. The van der Waals surface area contributed by atoms with Gasteiger partial charge in [0.25, 0.3) is 0 Å². The van der Waals surface area contributed by atoms with E-state index in [1.165, 1.54) is 30.5 Å². The molecule has 1 aromatic heterocycles. The monoisotopic (exact) mass is 262 g/mol. The maximum atomic E-state index is 13.3. The number of halogens is 2. The van der Waals surface area contributed by atoms with Crippen molar-refractivity contribution in [2.45, 2.75) is 12.8 Å². The number of hydrogen-bond acceptors (Lipinski definition) is 2. The quantitative estimate of drug-likeness (QED) is 0.923. The third kappa shape index (κ3) is 3.13. The first-order chi connectivity index (χ1) is 9.08. The number of pyridine rings is 1. The van der Waals surface area contributed by atoms with E-state index in [0.29, 0.717) is 5.56 Å². The lowest BCUT2D eigenvalue weighted by molar-refractivity contribution is -0.117. The zero-order chi connectivity index (χ0) is 13.8. The average molecular weight is 262 g/mol. The van der Waals surface area contributed by atoms with Crippen LogP contribution < -0.4 is 5.32 Å². The Morgan fingerprint density at radius 2 is 2.11 bits per heavy atom. The number of amides is 1. The van der Waals surface area contributed by atoms with Crippen molar-refractivity contribution in [1.29, 1.82) is 0 Å². The molecule has 1 atom stereocenters. The smallest absolute Gasteiger partial charge is 0.231 e. The maximum Gasteiger partial charge on any atom is 0.231 e. The van der Waals surface area contributed by atoms with Gasteiger partial charge in [0.2, 0.25) is 5.91 Å². The summed E-state index contributed by atoms with van der Waals surface area (Å²) < 4.78 is 26.4. The fraction of sp³-hybridized carbons (Fsp3) is 0.143. The molecule has 98 valence electrons. The molecule has 2 rings (SSSR count). The molecule has 0 bridgehead atoms. The molecule has 0 unspecified atom stereocenters. The van der Waals surface area contributed by atoms with Crippen molar-refractivity contribution in [3.05, 3.63) is 59.9 Å². The summed E-state index contributed by atoms with van der Waals surface area (Å²) in [5.41, 5.74) is 0.593. The van der Waals surface area contributed by atoms with Crippen molar-refractivity contribution in [2.24, 2.45) is 0 Å². The summed E-state index contributed by atoms with van der Waals surface area (Å²) in [6, 6.07) is 7.13. The van der Waals surface area contributed by atoms with Gasteiger partial charge in [-0.25, -0.2) is 8.78 Å². The Morgan fingerprint density at radius 1 is 1.32 bits per heavy atom. The lowest BCUT2D eigenvalue weighted by atomic mass is 10.0. The summed E-state index contributed by atoms with van der Waals surface area (Å²) >= 11 is 0. The molecule has 0 radical (unpaired) electrons. The summed E-state index contributed by atoms with van der Waals surface area (Å²) in [5, 5.41) is 2.45. The minimum absolute atomic E-state index is 0.0586. The van der Waals surface area contributed by atoms with E-state index >= 15 is 0 Å². The van der Waals surface area contributed by atoms with Gasteiger partial charge >= 0.3 is 0 Å². The molecule has 1 N–H and O–H groups in total. The van der Waals surface area contributed by atoms with Crippen LogP contribution in [-0.2, 0) is 4.79 Å². The van der Waals surface area contributed by atoms with Gasteiger partial charge in [-0.1, -0.05) is 12.1 Å². The number of nitrogens with one attached hydrogen (secondary N) is 1. The zero-order valence-corrected chi connectivity index (χ0v) is 10.2. The van der Waals surface area contributed by atoms with Crippen molar-refractivity contribution in [3.8, 4) is 0 Å². The van der Waals surface area contributed by atoms with Crippen molar-refractivity contribution in [2.75, 3.05) is 5.32 Å². The highest BCUT2D eigenvalue weighted by molar-refractivity contribution is 5.95. The minimum Gasteiger partial charge on any atom is -0.323 e. The van der Waals surface area contributed by atoms with Gasteiger partial charge in [-0.2, -0.15) is 0 Å². The van der Waals surface area contributed by atoms with Gasteiger partial charge in [0.15, 0.2) is 5.82 Å². The van der Waals surface area contributed by atoms with Gasteiger partial charge in [-0.15, -0.1) is 0 Å². The molecular formula is C14H12F2N2O. The van der Waals surface area contributed by atoms with E-state index in [0.717, 1.165) is 6.20 Å². The minimum atomic E-state index is -0.609. The largest absolute Gasteiger partial charge is 0.323 e. The van der Waals surface area contributed by atoms with Crippen molar-refractivity contribution in [1.82, 2.24) is 4.98 Å². The predicted octanol–water partition coefficient (Wildman–Crippen LogP) is 3.10. The standard InChI is InChI=1S/C14H12F2N2O/c1-9(10-3-2-4-11(15)7-10)14(19)18-13-5-6-17-8-12(13)16/h2-9H,1H3,(H,17,18,19)/t9-/m0/s1. The molecular weight excluding hydrogens is 250 g/mol. The molecule has 19 heavy (non-hydrogen) atoms.